The van der Waals surface area contributed by atoms with Crippen LogP contribution in [0.5, 0.6) is 0 Å². The van der Waals surface area contributed by atoms with E-state index in [0.717, 1.165) is 44.1 Å². The van der Waals surface area contributed by atoms with Gasteiger partial charge in [-0.2, -0.15) is 0 Å². The number of carbonyl (C=O) groups excluding carboxylic acids is 2. The highest BCUT2D eigenvalue weighted by Crippen LogP contribution is 2.33. The average Bonchev–Trinajstić information content (AvgIpc) is 2.88. The van der Waals surface area contributed by atoms with Crippen molar-refractivity contribution < 1.29 is 28.5 Å². The Labute approximate surface area is 229 Å². The number of ether oxygens (including phenoxy) is 4. The van der Waals surface area contributed by atoms with E-state index in [4.69, 9.17) is 18.9 Å². The standard InChI is InChI=1S/C32H48O6/c1-5-6-7-8-9-10-14-30-24(3)16-15-23(2)17-26-12-11-13-27(36-26)21-28-18-25(20-31(33)35-4)19-29(37-28)22-32(34)38-30/h8-10,14-16,20,23-24,26-30H,5-7,11-13,17-19,21-22H2,1-4H3/b9-8+,14-10+,16-15-,25-20-/t23-,24-,26+,27-,28+,29-,30-/m0/s1. The summed E-state index contributed by atoms with van der Waals surface area (Å²) in [6, 6.07) is 0. The predicted octanol–water partition coefficient (Wildman–Crippen LogP) is 6.80. The van der Waals surface area contributed by atoms with Crippen molar-refractivity contribution in [3.05, 3.63) is 48.1 Å². The van der Waals surface area contributed by atoms with Crippen LogP contribution in [-0.4, -0.2) is 49.6 Å². The van der Waals surface area contributed by atoms with Gasteiger partial charge in [0.15, 0.2) is 0 Å². The SMILES string of the molecule is CCCC/C=C/C=C/[C@@H]1OC(=O)C[C@@H]2C/C(=C\C(=O)OC)C[C@H](C[C@@H]3CCC[C@H](C[C@@H](C)/C=C\[C@@H]1C)O3)O2. The molecule has 2 saturated heterocycles. The molecule has 2 fully saturated rings. The molecule has 0 aliphatic carbocycles. The van der Waals surface area contributed by atoms with E-state index in [2.05, 4.69) is 39.0 Å². The summed E-state index contributed by atoms with van der Waals surface area (Å²) in [7, 11) is 1.38. The number of hydrogen-bond acceptors (Lipinski definition) is 6. The van der Waals surface area contributed by atoms with Crippen molar-refractivity contribution in [2.24, 2.45) is 11.8 Å². The van der Waals surface area contributed by atoms with E-state index in [0.29, 0.717) is 18.8 Å². The third-order valence-corrected chi connectivity index (χ3v) is 7.68. The molecule has 0 unspecified atom stereocenters. The van der Waals surface area contributed by atoms with Crippen LogP contribution in [0.2, 0.25) is 0 Å². The van der Waals surface area contributed by atoms with Crippen molar-refractivity contribution in [2.75, 3.05) is 7.11 Å². The lowest BCUT2D eigenvalue weighted by molar-refractivity contribution is -0.154. The number of carbonyl (C=O) groups is 2. The van der Waals surface area contributed by atoms with Crippen molar-refractivity contribution in [3.63, 3.8) is 0 Å². The average molecular weight is 529 g/mol. The summed E-state index contributed by atoms with van der Waals surface area (Å²) < 4.78 is 23.8. The summed E-state index contributed by atoms with van der Waals surface area (Å²) in [6.45, 7) is 6.50. The third-order valence-electron chi connectivity index (χ3n) is 7.68. The van der Waals surface area contributed by atoms with Gasteiger partial charge < -0.3 is 18.9 Å². The maximum Gasteiger partial charge on any atom is 0.330 e. The van der Waals surface area contributed by atoms with E-state index in [-0.39, 0.29) is 54.8 Å². The van der Waals surface area contributed by atoms with E-state index < -0.39 is 0 Å². The molecule has 3 aliphatic rings. The maximum atomic E-state index is 13.1. The van der Waals surface area contributed by atoms with Crippen LogP contribution in [0.15, 0.2) is 48.1 Å². The molecule has 0 aromatic heterocycles. The molecule has 6 nitrogen and oxygen atoms in total. The van der Waals surface area contributed by atoms with Crippen LogP contribution in [0, 0.1) is 11.8 Å². The number of cyclic esters (lactones) is 1. The second-order valence-electron chi connectivity index (χ2n) is 11.2. The fourth-order valence-electron chi connectivity index (χ4n) is 5.61. The van der Waals surface area contributed by atoms with Gasteiger partial charge in [0.2, 0.25) is 0 Å². The van der Waals surface area contributed by atoms with Gasteiger partial charge in [0.05, 0.1) is 37.9 Å². The molecule has 0 saturated carbocycles. The van der Waals surface area contributed by atoms with Gasteiger partial charge in [-0.05, 0) is 56.9 Å². The first-order valence-electron chi connectivity index (χ1n) is 14.7. The Balaban J connectivity index is 1.81. The summed E-state index contributed by atoms with van der Waals surface area (Å²) >= 11 is 0. The Hall–Kier alpha value is -2.18. The molecule has 7 atom stereocenters. The molecular weight excluding hydrogens is 480 g/mol. The molecule has 0 spiro atoms. The van der Waals surface area contributed by atoms with Crippen LogP contribution in [0.4, 0.5) is 0 Å². The molecule has 3 rings (SSSR count). The van der Waals surface area contributed by atoms with Gasteiger partial charge >= 0.3 is 11.9 Å². The zero-order valence-corrected chi connectivity index (χ0v) is 23.8. The molecule has 0 aromatic carbocycles. The normalized spacial score (nSPS) is 35.3. The largest absolute Gasteiger partial charge is 0.466 e. The third kappa shape index (κ3) is 10.5. The second kappa shape index (κ2) is 16.0. The number of hydrogen-bond donors (Lipinski definition) is 0. The Bertz CT molecular complexity index is 871. The summed E-state index contributed by atoms with van der Waals surface area (Å²) in [5, 5.41) is 0. The molecule has 3 heterocycles. The minimum atomic E-state index is -0.370. The number of allylic oxidation sites excluding steroid dienone is 4. The highest BCUT2D eigenvalue weighted by Gasteiger charge is 2.33. The van der Waals surface area contributed by atoms with Crippen molar-refractivity contribution in [1.29, 1.82) is 0 Å². The zero-order valence-electron chi connectivity index (χ0n) is 23.8. The fraction of sp³-hybridized carbons (Fsp3) is 0.688. The summed E-state index contributed by atoms with van der Waals surface area (Å²) in [5.74, 6) is -0.255. The van der Waals surface area contributed by atoms with Crippen molar-refractivity contribution in [3.8, 4) is 0 Å². The summed E-state index contributed by atoms with van der Waals surface area (Å²) in [5.41, 5.74) is 0.956. The second-order valence-corrected chi connectivity index (χ2v) is 11.2. The van der Waals surface area contributed by atoms with Crippen LogP contribution in [0.25, 0.3) is 0 Å². The minimum absolute atomic E-state index is 0.0319. The Morgan fingerprint density at radius 1 is 1.00 bits per heavy atom. The smallest absolute Gasteiger partial charge is 0.330 e. The quantitative estimate of drug-likeness (QED) is 0.124. The molecule has 3 aliphatic heterocycles. The Morgan fingerprint density at radius 2 is 1.74 bits per heavy atom. The predicted molar refractivity (Wildman–Crippen MR) is 150 cm³/mol. The molecule has 212 valence electrons. The number of fused-ring (bicyclic) bond motifs is 4. The van der Waals surface area contributed by atoms with Crippen molar-refractivity contribution >= 4 is 11.9 Å². The van der Waals surface area contributed by atoms with Gasteiger partial charge in [-0.25, -0.2) is 4.79 Å². The molecule has 0 radical (unpaired) electrons. The van der Waals surface area contributed by atoms with Gasteiger partial charge in [0, 0.05) is 18.4 Å². The molecular formula is C32H48O6. The van der Waals surface area contributed by atoms with E-state index in [1.54, 1.807) is 6.08 Å². The van der Waals surface area contributed by atoms with Gasteiger partial charge in [0.1, 0.15) is 6.10 Å². The number of unbranched alkanes of at least 4 members (excludes halogenated alkanes) is 2. The number of rotatable bonds is 6. The van der Waals surface area contributed by atoms with E-state index in [1.165, 1.54) is 20.0 Å². The highest BCUT2D eigenvalue weighted by molar-refractivity contribution is 5.82. The lowest BCUT2D eigenvalue weighted by Crippen LogP contribution is -2.37. The van der Waals surface area contributed by atoms with Crippen molar-refractivity contribution in [1.82, 2.24) is 0 Å². The summed E-state index contributed by atoms with van der Waals surface area (Å²) in [4.78, 5) is 25.1. The van der Waals surface area contributed by atoms with Crippen LogP contribution in [0.3, 0.4) is 0 Å². The number of esters is 2. The van der Waals surface area contributed by atoms with Crippen LogP contribution in [-0.2, 0) is 28.5 Å². The van der Waals surface area contributed by atoms with Gasteiger partial charge in [-0.3, -0.25) is 4.79 Å². The van der Waals surface area contributed by atoms with E-state index in [1.807, 2.05) is 18.2 Å². The first-order valence-corrected chi connectivity index (χ1v) is 14.7. The molecule has 38 heavy (non-hydrogen) atoms. The van der Waals surface area contributed by atoms with E-state index >= 15 is 0 Å². The van der Waals surface area contributed by atoms with Gasteiger partial charge in [-0.1, -0.05) is 69.6 Å². The van der Waals surface area contributed by atoms with Gasteiger partial charge in [0.25, 0.3) is 0 Å². The molecule has 0 amide bonds. The van der Waals surface area contributed by atoms with Gasteiger partial charge in [-0.15, -0.1) is 0 Å². The molecule has 0 aromatic rings. The Morgan fingerprint density at radius 3 is 2.50 bits per heavy atom. The highest BCUT2D eigenvalue weighted by atomic mass is 16.6. The lowest BCUT2D eigenvalue weighted by atomic mass is 9.89. The maximum absolute atomic E-state index is 13.1. The van der Waals surface area contributed by atoms with Crippen LogP contribution < -0.4 is 0 Å². The molecule has 0 N–H and O–H groups in total. The van der Waals surface area contributed by atoms with E-state index in [9.17, 15) is 9.59 Å². The first kappa shape index (κ1) is 30.4. The molecule has 4 bridgehead atoms. The molecule has 6 heteroatoms. The first-order chi connectivity index (χ1) is 18.4. The van der Waals surface area contributed by atoms with Crippen molar-refractivity contribution in [2.45, 2.75) is 122 Å². The topological polar surface area (TPSA) is 71.1 Å². The summed E-state index contributed by atoms with van der Waals surface area (Å²) in [6.07, 6.45) is 23.4. The fourth-order valence-corrected chi connectivity index (χ4v) is 5.61. The number of methoxy groups -OCH3 is 1. The monoisotopic (exact) mass is 528 g/mol. The van der Waals surface area contributed by atoms with Crippen LogP contribution >= 0.6 is 0 Å². The zero-order chi connectivity index (χ0) is 27.3. The minimum Gasteiger partial charge on any atom is -0.466 e. The lowest BCUT2D eigenvalue weighted by Gasteiger charge is -2.37. The van der Waals surface area contributed by atoms with Crippen LogP contribution in [0.1, 0.15) is 91.4 Å². The Kier molecular flexibility index (Phi) is 12.8.